The van der Waals surface area contributed by atoms with Crippen molar-refractivity contribution in [3.8, 4) is 22.3 Å². The van der Waals surface area contributed by atoms with E-state index >= 15 is 4.57 Å². The minimum Gasteiger partial charge on any atom is -0.309 e. The van der Waals surface area contributed by atoms with Gasteiger partial charge in [-0.25, -0.2) is 0 Å². The van der Waals surface area contributed by atoms with Gasteiger partial charge in [0.15, 0.2) is 7.14 Å². The quantitative estimate of drug-likeness (QED) is 0.143. The molecule has 0 radical (unpaired) electrons. The number of allylic oxidation sites excluding steroid dienone is 3. The molecular weight excluding hydrogens is 587 g/mol. The highest BCUT2D eigenvalue weighted by molar-refractivity contribution is 7.82. The molecule has 0 bridgehead atoms. The average Bonchev–Trinajstić information content (AvgIpc) is 3.59. The van der Waals surface area contributed by atoms with Gasteiger partial charge >= 0.3 is 0 Å². The second-order valence-corrected chi connectivity index (χ2v) is 14.8. The average molecular weight is 613 g/mol. The van der Waals surface area contributed by atoms with Crippen LogP contribution < -0.4 is 10.6 Å². The van der Waals surface area contributed by atoms with Crippen LogP contribution in [0, 0.1) is 0 Å². The van der Waals surface area contributed by atoms with E-state index < -0.39 is 12.6 Å². The first-order valence-corrected chi connectivity index (χ1v) is 17.3. The third-order valence-electron chi connectivity index (χ3n) is 9.60. The van der Waals surface area contributed by atoms with Gasteiger partial charge in [0.05, 0.1) is 10.4 Å². The molecular formula is C42H26ClOP. The van der Waals surface area contributed by atoms with Crippen LogP contribution in [0.15, 0.2) is 179 Å². The Kier molecular flexibility index (Phi) is 5.77. The molecule has 0 aromatic heterocycles. The summed E-state index contributed by atoms with van der Waals surface area (Å²) in [4.78, 5) is 0. The van der Waals surface area contributed by atoms with Crippen LogP contribution in [-0.2, 0) is 9.98 Å². The molecule has 6 aromatic rings. The van der Waals surface area contributed by atoms with E-state index in [2.05, 4.69) is 103 Å². The van der Waals surface area contributed by atoms with E-state index in [4.69, 9.17) is 11.6 Å². The number of halogens is 1. The van der Waals surface area contributed by atoms with Crippen molar-refractivity contribution in [1.82, 2.24) is 0 Å². The van der Waals surface area contributed by atoms with Crippen molar-refractivity contribution in [2.24, 2.45) is 0 Å². The molecule has 0 atom stereocenters. The molecule has 0 saturated heterocycles. The minimum atomic E-state index is -3.45. The SMILES string of the molecule is O=P(C1=C(Cl)C(=C=C2c3ccccc3-c3ccccc32)C12c1ccccc1-c1ccccc12)(c1ccccc1)c1ccccc1. The van der Waals surface area contributed by atoms with Crippen molar-refractivity contribution >= 4 is 34.9 Å². The number of hydrogen-bond acceptors (Lipinski definition) is 1. The Morgan fingerprint density at radius 2 is 0.844 bits per heavy atom. The van der Waals surface area contributed by atoms with Crippen LogP contribution in [0.3, 0.4) is 0 Å². The van der Waals surface area contributed by atoms with E-state index in [-0.39, 0.29) is 0 Å². The first-order chi connectivity index (χ1) is 22.1. The molecule has 0 fully saturated rings. The third-order valence-corrected chi connectivity index (χ3v) is 13.3. The molecule has 0 amide bonds. The fourth-order valence-electron chi connectivity index (χ4n) is 7.75. The van der Waals surface area contributed by atoms with E-state index in [9.17, 15) is 0 Å². The van der Waals surface area contributed by atoms with Gasteiger partial charge in [-0.2, -0.15) is 0 Å². The summed E-state index contributed by atoms with van der Waals surface area (Å²) in [6, 6.07) is 53.8. The maximum absolute atomic E-state index is 16.2. The van der Waals surface area contributed by atoms with Gasteiger partial charge in [-0.15, -0.1) is 5.73 Å². The maximum Gasteiger partial charge on any atom is 0.170 e. The van der Waals surface area contributed by atoms with Crippen LogP contribution in [0.25, 0.3) is 27.8 Å². The predicted molar refractivity (Wildman–Crippen MR) is 187 cm³/mol. The zero-order valence-electron chi connectivity index (χ0n) is 24.2. The second kappa shape index (κ2) is 9.80. The van der Waals surface area contributed by atoms with E-state index in [1.807, 2.05) is 60.7 Å². The van der Waals surface area contributed by atoms with E-state index in [1.165, 1.54) is 11.1 Å². The van der Waals surface area contributed by atoms with Crippen LogP contribution in [0.2, 0.25) is 0 Å². The number of fused-ring (bicyclic) bond motifs is 8. The van der Waals surface area contributed by atoms with Crippen LogP contribution in [0.1, 0.15) is 22.3 Å². The summed E-state index contributed by atoms with van der Waals surface area (Å²) in [6.45, 7) is 0. The molecule has 0 unspecified atom stereocenters. The molecule has 6 aromatic carbocycles. The Bertz CT molecular complexity index is 2210. The highest BCUT2D eigenvalue weighted by Crippen LogP contribution is 2.75. The molecule has 3 heteroatoms. The van der Waals surface area contributed by atoms with E-state index in [0.717, 1.165) is 60.5 Å². The molecule has 3 aliphatic carbocycles. The molecule has 212 valence electrons. The lowest BCUT2D eigenvalue weighted by molar-refractivity contribution is 0.582. The van der Waals surface area contributed by atoms with Gasteiger partial charge in [0, 0.05) is 27.1 Å². The van der Waals surface area contributed by atoms with Gasteiger partial charge in [-0.05, 0) is 44.5 Å². The summed E-state index contributed by atoms with van der Waals surface area (Å²) < 4.78 is 16.2. The smallest absolute Gasteiger partial charge is 0.170 e. The lowest BCUT2D eigenvalue weighted by Crippen LogP contribution is -2.42. The van der Waals surface area contributed by atoms with Crippen molar-refractivity contribution in [3.63, 3.8) is 0 Å². The molecule has 3 aliphatic rings. The van der Waals surface area contributed by atoms with Gasteiger partial charge < -0.3 is 4.57 Å². The Balaban J connectivity index is 1.47. The lowest BCUT2D eigenvalue weighted by Gasteiger charge is -2.47. The third kappa shape index (κ3) is 3.44. The lowest BCUT2D eigenvalue weighted by atomic mass is 9.64. The number of benzene rings is 6. The monoisotopic (exact) mass is 612 g/mol. The molecule has 9 rings (SSSR count). The molecule has 0 N–H and O–H groups in total. The van der Waals surface area contributed by atoms with Crippen molar-refractivity contribution < 1.29 is 4.57 Å². The fourth-order valence-corrected chi connectivity index (χ4v) is 11.6. The number of rotatable bonds is 3. The van der Waals surface area contributed by atoms with Crippen LogP contribution in [-0.4, -0.2) is 0 Å². The van der Waals surface area contributed by atoms with Gasteiger partial charge in [0.1, 0.15) is 0 Å². The van der Waals surface area contributed by atoms with Gasteiger partial charge in [-0.3, -0.25) is 0 Å². The van der Waals surface area contributed by atoms with Crippen molar-refractivity contribution in [2.45, 2.75) is 5.41 Å². The van der Waals surface area contributed by atoms with E-state index in [1.54, 1.807) is 0 Å². The molecule has 1 spiro atoms. The molecule has 0 heterocycles. The highest BCUT2D eigenvalue weighted by atomic mass is 35.5. The minimum absolute atomic E-state index is 0.534. The summed E-state index contributed by atoms with van der Waals surface area (Å²) in [5, 5.41) is 2.84. The highest BCUT2D eigenvalue weighted by Gasteiger charge is 2.62. The molecule has 0 saturated carbocycles. The standard InChI is InChI=1S/C42H26ClOP/c43-40-39(27-36-32-21-9-7-19-30(32)31-20-8-10-22-33(31)36)42(37-25-13-11-23-34(37)35-24-12-14-26-38(35)42)41(40)45(44,28-15-3-1-4-16-28)29-17-5-2-6-18-29/h1-26H. The van der Waals surface area contributed by atoms with Gasteiger partial charge in [-0.1, -0.05) is 169 Å². The zero-order valence-corrected chi connectivity index (χ0v) is 25.9. The normalized spacial score (nSPS) is 15.2. The number of hydrogen-bond donors (Lipinski definition) is 0. The van der Waals surface area contributed by atoms with Crippen molar-refractivity contribution in [3.05, 3.63) is 202 Å². The van der Waals surface area contributed by atoms with Crippen LogP contribution in [0.5, 0.6) is 0 Å². The first-order valence-electron chi connectivity index (χ1n) is 15.2. The molecule has 1 nitrogen and oxygen atoms in total. The van der Waals surface area contributed by atoms with Crippen LogP contribution >= 0.6 is 18.7 Å². The summed E-state index contributed by atoms with van der Waals surface area (Å²) >= 11 is 7.59. The Morgan fingerprint density at radius 1 is 0.467 bits per heavy atom. The molecule has 45 heavy (non-hydrogen) atoms. The Morgan fingerprint density at radius 3 is 1.31 bits per heavy atom. The summed E-state index contributed by atoms with van der Waals surface area (Å²) in [6.07, 6.45) is 0. The van der Waals surface area contributed by atoms with Crippen LogP contribution in [0.4, 0.5) is 0 Å². The summed E-state index contributed by atoms with van der Waals surface area (Å²) in [5.74, 6) is 0. The largest absolute Gasteiger partial charge is 0.309 e. The van der Waals surface area contributed by atoms with E-state index in [0.29, 0.717) is 5.03 Å². The maximum atomic E-state index is 16.2. The zero-order chi connectivity index (χ0) is 30.2. The topological polar surface area (TPSA) is 17.1 Å². The second-order valence-electron chi connectivity index (χ2n) is 11.8. The van der Waals surface area contributed by atoms with Gasteiger partial charge in [0.25, 0.3) is 0 Å². The first kappa shape index (κ1) is 26.5. The van der Waals surface area contributed by atoms with Crippen molar-refractivity contribution in [2.75, 3.05) is 0 Å². The van der Waals surface area contributed by atoms with Gasteiger partial charge in [0.2, 0.25) is 0 Å². The summed E-state index contributed by atoms with van der Waals surface area (Å²) in [7, 11) is -3.45. The predicted octanol–water partition coefficient (Wildman–Crippen LogP) is 10.1. The Labute approximate surface area is 267 Å². The Hall–Kier alpha value is -4.90. The fraction of sp³-hybridized carbons (Fsp3) is 0.0238. The summed E-state index contributed by atoms with van der Waals surface area (Å²) in [5.41, 5.74) is 14.1. The van der Waals surface area contributed by atoms with Crippen molar-refractivity contribution in [1.29, 1.82) is 0 Å². The molecule has 0 aliphatic heterocycles.